The van der Waals surface area contributed by atoms with Crippen molar-refractivity contribution in [1.82, 2.24) is 4.90 Å². The Bertz CT molecular complexity index is 450. The van der Waals surface area contributed by atoms with Crippen LogP contribution < -0.4 is 0 Å². The predicted octanol–water partition coefficient (Wildman–Crippen LogP) is 2.79. The molecule has 1 heterocycles. The lowest BCUT2D eigenvalue weighted by Gasteiger charge is -2.36. The smallest absolute Gasteiger partial charge is 0.126 e. The third-order valence-electron chi connectivity index (χ3n) is 4.48. The third-order valence-corrected chi connectivity index (χ3v) is 4.48. The Hall–Kier alpha value is -0.970. The van der Waals surface area contributed by atoms with Crippen LogP contribution in [0.3, 0.4) is 0 Å². The van der Waals surface area contributed by atoms with Crippen LogP contribution in [0.15, 0.2) is 18.2 Å². The van der Waals surface area contributed by atoms with E-state index in [-0.39, 0.29) is 12.4 Å². The number of likely N-dealkylation sites (tertiary alicyclic amines) is 1. The van der Waals surface area contributed by atoms with Crippen LogP contribution in [0, 0.1) is 12.7 Å². The van der Waals surface area contributed by atoms with Crippen molar-refractivity contribution in [2.24, 2.45) is 0 Å². The normalized spacial score (nSPS) is 21.4. The van der Waals surface area contributed by atoms with Gasteiger partial charge in [-0.05, 0) is 56.3 Å². The van der Waals surface area contributed by atoms with Gasteiger partial charge in [0.1, 0.15) is 5.82 Å². The molecule has 1 aliphatic rings. The molecule has 0 bridgehead atoms. The van der Waals surface area contributed by atoms with Crippen LogP contribution in [0.5, 0.6) is 0 Å². The van der Waals surface area contributed by atoms with Crippen molar-refractivity contribution in [3.63, 3.8) is 0 Å². The van der Waals surface area contributed by atoms with Crippen molar-refractivity contribution in [3.8, 4) is 0 Å². The van der Waals surface area contributed by atoms with Gasteiger partial charge in [-0.1, -0.05) is 18.6 Å². The van der Waals surface area contributed by atoms with Crippen LogP contribution in [-0.4, -0.2) is 40.9 Å². The molecule has 21 heavy (non-hydrogen) atoms. The molecule has 2 unspecified atom stereocenters. The largest absolute Gasteiger partial charge is 0.396 e. The van der Waals surface area contributed by atoms with E-state index in [1.54, 1.807) is 19.1 Å². The van der Waals surface area contributed by atoms with E-state index in [4.69, 9.17) is 5.11 Å². The zero-order chi connectivity index (χ0) is 15.2. The number of piperidine rings is 1. The van der Waals surface area contributed by atoms with Crippen molar-refractivity contribution in [2.45, 2.75) is 51.2 Å². The van der Waals surface area contributed by atoms with E-state index in [0.29, 0.717) is 23.6 Å². The van der Waals surface area contributed by atoms with Crippen LogP contribution >= 0.6 is 0 Å². The molecule has 1 aromatic rings. The number of rotatable bonds is 6. The number of aryl methyl sites for hydroxylation is 1. The summed E-state index contributed by atoms with van der Waals surface area (Å²) in [6, 6.07) is 5.36. The number of aliphatic hydroxyl groups is 2. The predicted molar refractivity (Wildman–Crippen MR) is 81.6 cm³/mol. The number of benzene rings is 1. The minimum absolute atomic E-state index is 0.215. The molecule has 4 heteroatoms. The lowest BCUT2D eigenvalue weighted by molar-refractivity contribution is 0.0890. The van der Waals surface area contributed by atoms with Gasteiger partial charge >= 0.3 is 0 Å². The molecule has 0 saturated carbocycles. The van der Waals surface area contributed by atoms with Crippen LogP contribution in [0.4, 0.5) is 4.39 Å². The van der Waals surface area contributed by atoms with Gasteiger partial charge in [0.15, 0.2) is 0 Å². The van der Waals surface area contributed by atoms with E-state index < -0.39 is 6.10 Å². The lowest BCUT2D eigenvalue weighted by atomic mass is 9.98. The average Bonchev–Trinajstić information content (AvgIpc) is 2.49. The Kier molecular flexibility index (Phi) is 6.15. The zero-order valence-electron chi connectivity index (χ0n) is 12.8. The molecule has 3 nitrogen and oxygen atoms in total. The molecular formula is C17H26FNO2. The summed E-state index contributed by atoms with van der Waals surface area (Å²) in [6.45, 7) is 3.76. The van der Waals surface area contributed by atoms with Crippen molar-refractivity contribution in [3.05, 3.63) is 35.1 Å². The van der Waals surface area contributed by atoms with Gasteiger partial charge in [0.25, 0.3) is 0 Å². The summed E-state index contributed by atoms with van der Waals surface area (Å²) in [4.78, 5) is 2.35. The summed E-state index contributed by atoms with van der Waals surface area (Å²) in [5.41, 5.74) is 1.25. The first-order chi connectivity index (χ1) is 10.1. The van der Waals surface area contributed by atoms with Gasteiger partial charge in [-0.2, -0.15) is 0 Å². The maximum atomic E-state index is 13.5. The Morgan fingerprint density at radius 1 is 1.38 bits per heavy atom. The van der Waals surface area contributed by atoms with E-state index >= 15 is 0 Å². The number of hydrogen-bond acceptors (Lipinski definition) is 3. The topological polar surface area (TPSA) is 43.7 Å². The van der Waals surface area contributed by atoms with Gasteiger partial charge in [-0.15, -0.1) is 0 Å². The molecule has 0 aromatic heterocycles. The fraction of sp³-hybridized carbons (Fsp3) is 0.647. The van der Waals surface area contributed by atoms with Crippen LogP contribution in [0.25, 0.3) is 0 Å². The first kappa shape index (κ1) is 16.4. The van der Waals surface area contributed by atoms with Crippen LogP contribution in [-0.2, 0) is 0 Å². The summed E-state index contributed by atoms with van der Waals surface area (Å²) in [6.07, 6.45) is 4.29. The SMILES string of the molecule is Cc1ccc(C(O)CCN2CCCCC2CCO)cc1F. The molecule has 0 aliphatic carbocycles. The van der Waals surface area contributed by atoms with E-state index in [1.165, 1.54) is 18.9 Å². The fourth-order valence-corrected chi connectivity index (χ4v) is 3.10. The third kappa shape index (κ3) is 4.50. The maximum absolute atomic E-state index is 13.5. The molecule has 2 rings (SSSR count). The van der Waals surface area contributed by atoms with Gasteiger partial charge < -0.3 is 15.1 Å². The first-order valence-corrected chi connectivity index (χ1v) is 7.91. The maximum Gasteiger partial charge on any atom is 0.126 e. The Labute approximate surface area is 126 Å². The highest BCUT2D eigenvalue weighted by molar-refractivity contribution is 5.24. The summed E-state index contributed by atoms with van der Waals surface area (Å²) < 4.78 is 13.5. The molecule has 118 valence electrons. The van der Waals surface area contributed by atoms with Gasteiger partial charge in [-0.25, -0.2) is 4.39 Å². The number of hydrogen-bond donors (Lipinski definition) is 2. The van der Waals surface area contributed by atoms with Crippen molar-refractivity contribution in [1.29, 1.82) is 0 Å². The summed E-state index contributed by atoms with van der Waals surface area (Å²) in [7, 11) is 0. The van der Waals surface area contributed by atoms with E-state index in [1.807, 2.05) is 0 Å². The average molecular weight is 295 g/mol. The molecule has 2 N–H and O–H groups in total. The summed E-state index contributed by atoms with van der Waals surface area (Å²) in [5.74, 6) is -0.261. The molecular weight excluding hydrogens is 269 g/mol. The second-order valence-corrected chi connectivity index (χ2v) is 6.01. The summed E-state index contributed by atoms with van der Waals surface area (Å²) in [5, 5.41) is 19.4. The van der Waals surface area contributed by atoms with Gasteiger partial charge in [0.2, 0.25) is 0 Å². The Balaban J connectivity index is 1.89. The van der Waals surface area contributed by atoms with Crippen LogP contribution in [0.1, 0.15) is 49.3 Å². The molecule has 1 saturated heterocycles. The van der Waals surface area contributed by atoms with Crippen molar-refractivity contribution < 1.29 is 14.6 Å². The van der Waals surface area contributed by atoms with Crippen LogP contribution in [0.2, 0.25) is 0 Å². The van der Waals surface area contributed by atoms with E-state index in [2.05, 4.69) is 4.90 Å². The first-order valence-electron chi connectivity index (χ1n) is 7.91. The minimum atomic E-state index is -0.628. The van der Waals surface area contributed by atoms with E-state index in [9.17, 15) is 9.50 Å². The quantitative estimate of drug-likeness (QED) is 0.848. The Morgan fingerprint density at radius 3 is 2.90 bits per heavy atom. The standard InChI is InChI=1S/C17H26FNO2/c1-13-5-6-14(12-16(13)18)17(21)7-10-19-9-3-2-4-15(19)8-11-20/h5-6,12,15,17,20-21H,2-4,7-11H2,1H3. The van der Waals surface area contributed by atoms with Gasteiger partial charge in [0.05, 0.1) is 6.10 Å². The molecule has 0 amide bonds. The fourth-order valence-electron chi connectivity index (χ4n) is 3.10. The molecule has 1 aliphatic heterocycles. The zero-order valence-corrected chi connectivity index (χ0v) is 12.8. The highest BCUT2D eigenvalue weighted by Crippen LogP contribution is 2.23. The Morgan fingerprint density at radius 2 is 2.19 bits per heavy atom. The highest BCUT2D eigenvalue weighted by Gasteiger charge is 2.22. The highest BCUT2D eigenvalue weighted by atomic mass is 19.1. The lowest BCUT2D eigenvalue weighted by Crippen LogP contribution is -2.41. The molecule has 1 aromatic carbocycles. The number of nitrogens with zero attached hydrogens (tertiary/aromatic N) is 1. The molecule has 0 radical (unpaired) electrons. The number of aliphatic hydroxyl groups excluding tert-OH is 2. The van der Waals surface area contributed by atoms with Crippen molar-refractivity contribution >= 4 is 0 Å². The van der Waals surface area contributed by atoms with Gasteiger partial charge in [0, 0.05) is 19.2 Å². The van der Waals surface area contributed by atoms with Gasteiger partial charge in [-0.3, -0.25) is 0 Å². The second-order valence-electron chi connectivity index (χ2n) is 6.01. The monoisotopic (exact) mass is 295 g/mol. The molecule has 2 atom stereocenters. The minimum Gasteiger partial charge on any atom is -0.396 e. The van der Waals surface area contributed by atoms with E-state index in [0.717, 1.165) is 25.9 Å². The molecule has 1 fully saturated rings. The second kappa shape index (κ2) is 7.87. The summed E-state index contributed by atoms with van der Waals surface area (Å²) >= 11 is 0. The van der Waals surface area contributed by atoms with Crippen molar-refractivity contribution in [2.75, 3.05) is 19.7 Å². The molecule has 0 spiro atoms. The number of halogens is 1.